The van der Waals surface area contributed by atoms with Crippen molar-refractivity contribution in [3.8, 4) is 0 Å². The summed E-state index contributed by atoms with van der Waals surface area (Å²) in [5, 5.41) is 9.97. The van der Waals surface area contributed by atoms with Crippen LogP contribution in [0, 0.1) is 35.0 Å². The van der Waals surface area contributed by atoms with Gasteiger partial charge in [-0.25, -0.2) is 0 Å². The van der Waals surface area contributed by atoms with E-state index in [4.69, 9.17) is 4.74 Å². The fourth-order valence-electron chi connectivity index (χ4n) is 6.58. The number of carbonyl (C=O) groups is 2. The summed E-state index contributed by atoms with van der Waals surface area (Å²) in [5.74, 6) is 1.67. The van der Waals surface area contributed by atoms with E-state index in [0.717, 1.165) is 11.8 Å². The number of carboxylic acid groups (broad SMARTS) is 1. The van der Waals surface area contributed by atoms with Gasteiger partial charge in [-0.05, 0) is 74.0 Å². The number of ether oxygens (including phenoxy) is 1. The van der Waals surface area contributed by atoms with Crippen LogP contribution in [0.5, 0.6) is 0 Å². The normalized spacial score (nSPS) is 45.0. The third-order valence-corrected chi connectivity index (χ3v) is 7.76. The average molecular weight is 332 g/mol. The molecule has 4 aliphatic carbocycles. The lowest BCUT2D eigenvalue weighted by molar-refractivity contribution is -0.170. The lowest BCUT2D eigenvalue weighted by Gasteiger charge is -2.62. The van der Waals surface area contributed by atoms with Gasteiger partial charge in [0.05, 0.1) is 12.5 Å². The van der Waals surface area contributed by atoms with Crippen molar-refractivity contribution in [1.29, 1.82) is 0 Å². The molecule has 0 aromatic heterocycles. The van der Waals surface area contributed by atoms with E-state index in [-0.39, 0.29) is 17.1 Å². The monoisotopic (exact) mass is 332 g/mol. The Labute approximate surface area is 143 Å². The predicted octanol–water partition coefficient (Wildman–Crippen LogP) is 3.45. The summed E-state index contributed by atoms with van der Waals surface area (Å²) >= 11 is 0. The van der Waals surface area contributed by atoms with E-state index < -0.39 is 12.1 Å². The Balaban J connectivity index is 1.51. The standard InChI is InChI=1S/C20H28O4/c1-11-10-24-17(18(11)21)4-3-16(19(22)23)20(2)14-6-12-5-13(8-14)9-15(20)7-12/h12-17H,1,3-10H2,2H3,(H,22,23). The maximum atomic E-state index is 12.1. The molecular formula is C20H28O4. The molecule has 1 heterocycles. The predicted molar refractivity (Wildman–Crippen MR) is 89.4 cm³/mol. The van der Waals surface area contributed by atoms with Crippen LogP contribution >= 0.6 is 0 Å². The summed E-state index contributed by atoms with van der Waals surface area (Å²) in [6.45, 7) is 6.25. The van der Waals surface area contributed by atoms with Gasteiger partial charge in [-0.15, -0.1) is 0 Å². The van der Waals surface area contributed by atoms with Gasteiger partial charge in [-0.1, -0.05) is 13.5 Å². The molecule has 24 heavy (non-hydrogen) atoms. The van der Waals surface area contributed by atoms with Crippen molar-refractivity contribution < 1.29 is 19.4 Å². The molecule has 5 fully saturated rings. The molecule has 4 heteroatoms. The van der Waals surface area contributed by atoms with Crippen molar-refractivity contribution in [2.24, 2.45) is 35.0 Å². The highest BCUT2D eigenvalue weighted by atomic mass is 16.5. The van der Waals surface area contributed by atoms with Crippen LogP contribution in [-0.2, 0) is 14.3 Å². The van der Waals surface area contributed by atoms with E-state index in [0.29, 0.717) is 36.9 Å². The summed E-state index contributed by atoms with van der Waals surface area (Å²) in [7, 11) is 0. The minimum Gasteiger partial charge on any atom is -0.481 e. The van der Waals surface area contributed by atoms with Crippen LogP contribution in [0.1, 0.15) is 51.9 Å². The summed E-state index contributed by atoms with van der Waals surface area (Å²) in [6.07, 6.45) is 6.79. The van der Waals surface area contributed by atoms with E-state index in [1.165, 1.54) is 32.1 Å². The second-order valence-electron chi connectivity index (χ2n) is 8.91. The highest BCUT2D eigenvalue weighted by Gasteiger charge is 2.59. The molecule has 0 aromatic rings. The minimum absolute atomic E-state index is 0.0330. The van der Waals surface area contributed by atoms with Gasteiger partial charge < -0.3 is 9.84 Å². The van der Waals surface area contributed by atoms with Crippen molar-refractivity contribution in [2.45, 2.75) is 58.0 Å². The van der Waals surface area contributed by atoms with E-state index >= 15 is 0 Å². The number of aliphatic carboxylic acids is 1. The number of hydrogen-bond donors (Lipinski definition) is 1. The van der Waals surface area contributed by atoms with E-state index in [9.17, 15) is 14.7 Å². The summed E-state index contributed by atoms with van der Waals surface area (Å²) in [5.41, 5.74) is 0.408. The third kappa shape index (κ3) is 2.37. The zero-order valence-corrected chi connectivity index (χ0v) is 14.5. The lowest BCUT2D eigenvalue weighted by atomic mass is 9.42. The zero-order chi connectivity index (χ0) is 17.1. The molecule has 4 saturated carbocycles. The first-order chi connectivity index (χ1) is 11.4. The number of Topliss-reactive ketones (excluding diaryl/α,β-unsaturated/α-hetero) is 1. The topological polar surface area (TPSA) is 63.6 Å². The minimum atomic E-state index is -0.686. The maximum Gasteiger partial charge on any atom is 0.307 e. The first kappa shape index (κ1) is 16.3. The Kier molecular flexibility index (Phi) is 3.87. The summed E-state index contributed by atoms with van der Waals surface area (Å²) in [6, 6.07) is 0. The lowest BCUT2D eigenvalue weighted by Crippen LogP contribution is -2.56. The molecule has 5 aliphatic rings. The van der Waals surface area contributed by atoms with Gasteiger partial charge in [0.2, 0.25) is 0 Å². The molecule has 1 aliphatic heterocycles. The molecule has 1 saturated heterocycles. The van der Waals surface area contributed by atoms with Crippen molar-refractivity contribution >= 4 is 11.8 Å². The number of rotatable bonds is 5. The Morgan fingerprint density at radius 2 is 1.83 bits per heavy atom. The fourth-order valence-corrected chi connectivity index (χ4v) is 6.58. The Bertz CT molecular complexity index is 550. The summed E-state index contributed by atoms with van der Waals surface area (Å²) < 4.78 is 5.50. The molecule has 5 rings (SSSR count). The van der Waals surface area contributed by atoms with Crippen molar-refractivity contribution in [3.05, 3.63) is 12.2 Å². The smallest absolute Gasteiger partial charge is 0.307 e. The first-order valence-electron chi connectivity index (χ1n) is 9.46. The van der Waals surface area contributed by atoms with Crippen LogP contribution in [0.4, 0.5) is 0 Å². The molecule has 2 atom stereocenters. The first-order valence-corrected chi connectivity index (χ1v) is 9.46. The van der Waals surface area contributed by atoms with Gasteiger partial charge in [-0.3, -0.25) is 9.59 Å². The van der Waals surface area contributed by atoms with Gasteiger partial charge in [0.15, 0.2) is 5.78 Å². The van der Waals surface area contributed by atoms with Crippen molar-refractivity contribution in [1.82, 2.24) is 0 Å². The quantitative estimate of drug-likeness (QED) is 0.783. The Morgan fingerprint density at radius 3 is 2.29 bits per heavy atom. The van der Waals surface area contributed by atoms with Crippen LogP contribution in [0.3, 0.4) is 0 Å². The van der Waals surface area contributed by atoms with Gasteiger partial charge in [-0.2, -0.15) is 0 Å². The molecule has 132 valence electrons. The average Bonchev–Trinajstić information content (AvgIpc) is 2.84. The molecule has 0 radical (unpaired) electrons. The number of ketones is 1. The summed E-state index contributed by atoms with van der Waals surface area (Å²) in [4.78, 5) is 24.2. The molecule has 0 spiro atoms. The molecule has 4 nitrogen and oxygen atoms in total. The highest BCUT2D eigenvalue weighted by Crippen LogP contribution is 2.65. The third-order valence-electron chi connectivity index (χ3n) is 7.76. The number of carbonyl (C=O) groups excluding carboxylic acids is 1. The Morgan fingerprint density at radius 1 is 1.25 bits per heavy atom. The van der Waals surface area contributed by atoms with Crippen LogP contribution in [-0.4, -0.2) is 29.6 Å². The van der Waals surface area contributed by atoms with Gasteiger partial charge in [0.25, 0.3) is 0 Å². The SMILES string of the molecule is C=C1COC(CCC(C(=O)O)C2(C)C3CC4CC(C3)CC2C4)C1=O. The van der Waals surface area contributed by atoms with Crippen molar-refractivity contribution in [3.63, 3.8) is 0 Å². The van der Waals surface area contributed by atoms with E-state index in [2.05, 4.69) is 13.5 Å². The Hall–Kier alpha value is -1.16. The van der Waals surface area contributed by atoms with Crippen LogP contribution in [0.15, 0.2) is 12.2 Å². The second-order valence-corrected chi connectivity index (χ2v) is 8.91. The van der Waals surface area contributed by atoms with Crippen LogP contribution in [0.25, 0.3) is 0 Å². The van der Waals surface area contributed by atoms with Gasteiger partial charge in [0, 0.05) is 5.57 Å². The second kappa shape index (κ2) is 5.69. The fraction of sp³-hybridized carbons (Fsp3) is 0.800. The van der Waals surface area contributed by atoms with Gasteiger partial charge >= 0.3 is 5.97 Å². The largest absolute Gasteiger partial charge is 0.481 e. The van der Waals surface area contributed by atoms with Crippen LogP contribution < -0.4 is 0 Å². The molecule has 0 aromatic carbocycles. The number of hydrogen-bond acceptors (Lipinski definition) is 3. The highest BCUT2D eigenvalue weighted by molar-refractivity contribution is 6.00. The molecular weight excluding hydrogens is 304 g/mol. The molecule has 0 amide bonds. The van der Waals surface area contributed by atoms with Crippen molar-refractivity contribution in [2.75, 3.05) is 6.61 Å². The van der Waals surface area contributed by atoms with Gasteiger partial charge in [0.1, 0.15) is 6.10 Å². The molecule has 1 N–H and O–H groups in total. The number of carboxylic acids is 1. The molecule has 2 unspecified atom stereocenters. The zero-order valence-electron chi connectivity index (χ0n) is 14.5. The van der Waals surface area contributed by atoms with Crippen LogP contribution in [0.2, 0.25) is 0 Å². The van der Waals surface area contributed by atoms with E-state index in [1.807, 2.05) is 0 Å². The maximum absolute atomic E-state index is 12.1. The van der Waals surface area contributed by atoms with E-state index in [1.54, 1.807) is 0 Å². The molecule has 4 bridgehead atoms.